The van der Waals surface area contributed by atoms with E-state index >= 15 is 0 Å². The van der Waals surface area contributed by atoms with Crippen LogP contribution >= 0.6 is 0 Å². The van der Waals surface area contributed by atoms with Crippen LogP contribution in [0, 0.1) is 0 Å². The summed E-state index contributed by atoms with van der Waals surface area (Å²) in [4.78, 5) is 26.0. The molecule has 0 radical (unpaired) electrons. The average molecular weight is 543 g/mol. The summed E-state index contributed by atoms with van der Waals surface area (Å²) in [7, 11) is 5.25. The minimum absolute atomic E-state index is 0.301. The van der Waals surface area contributed by atoms with E-state index in [1.807, 2.05) is 37.4 Å². The second kappa shape index (κ2) is 12.0. The number of fused-ring (bicyclic) bond motifs is 1. The van der Waals surface area contributed by atoms with E-state index in [9.17, 15) is 4.79 Å². The van der Waals surface area contributed by atoms with Gasteiger partial charge in [0.15, 0.2) is 5.82 Å². The highest BCUT2D eigenvalue weighted by molar-refractivity contribution is 6.02. The van der Waals surface area contributed by atoms with Crippen LogP contribution in [-0.2, 0) is 4.79 Å². The van der Waals surface area contributed by atoms with Gasteiger partial charge in [-0.15, -0.1) is 0 Å². The van der Waals surface area contributed by atoms with Gasteiger partial charge in [0.25, 0.3) is 0 Å². The van der Waals surface area contributed by atoms with E-state index in [4.69, 9.17) is 14.5 Å². The summed E-state index contributed by atoms with van der Waals surface area (Å²) >= 11 is 0. The summed E-state index contributed by atoms with van der Waals surface area (Å²) in [6, 6.07) is 11.3. The number of aromatic nitrogens is 4. The van der Waals surface area contributed by atoms with Crippen molar-refractivity contribution in [3.8, 4) is 17.3 Å². The number of likely N-dealkylation sites (N-methyl/N-ethyl adjacent to an activating group) is 1. The van der Waals surface area contributed by atoms with Gasteiger partial charge in [0, 0.05) is 49.9 Å². The Morgan fingerprint density at radius 2 is 1.95 bits per heavy atom. The van der Waals surface area contributed by atoms with Crippen LogP contribution in [0.2, 0.25) is 0 Å². The maximum absolute atomic E-state index is 12.3. The minimum atomic E-state index is -0.301. The molecule has 208 valence electrons. The van der Waals surface area contributed by atoms with Crippen LogP contribution < -0.4 is 25.0 Å². The fourth-order valence-corrected chi connectivity index (χ4v) is 4.81. The van der Waals surface area contributed by atoms with Crippen molar-refractivity contribution < 1.29 is 14.3 Å². The number of hydrogen-bond donors (Lipinski definition) is 2. The molecule has 0 aliphatic carbocycles. The van der Waals surface area contributed by atoms with E-state index in [2.05, 4.69) is 37.1 Å². The van der Waals surface area contributed by atoms with Crippen LogP contribution in [-0.4, -0.2) is 78.0 Å². The quantitative estimate of drug-likeness (QED) is 0.269. The number of rotatable bonds is 11. The molecule has 0 saturated carbocycles. The Kier molecular flexibility index (Phi) is 8.11. The third kappa shape index (κ3) is 5.84. The normalized spacial score (nSPS) is 13.3. The zero-order chi connectivity index (χ0) is 28.1. The van der Waals surface area contributed by atoms with E-state index < -0.39 is 0 Å². The number of nitrogens with one attached hydrogen (secondary N) is 2. The standard InChI is InChI=1S/C29H34N8O3/c1-5-28(38)32-22-17-23(26(40-4)18-25(22)35(2)14-15-36-12-6-7-13-36)33-29-30-11-10-27(34-29)37-24-16-21(39-3)9-8-20(24)19-31-37/h5,8-11,16-19H,1,6-7,12-15H2,2-4H3,(H,32,38)(H,30,33,34). The zero-order valence-corrected chi connectivity index (χ0v) is 23.1. The molecule has 4 aromatic rings. The lowest BCUT2D eigenvalue weighted by Crippen LogP contribution is -2.32. The molecule has 0 atom stereocenters. The molecule has 3 heterocycles. The van der Waals surface area contributed by atoms with Crippen molar-refractivity contribution in [2.45, 2.75) is 12.8 Å². The van der Waals surface area contributed by atoms with Gasteiger partial charge in [0.05, 0.1) is 43.0 Å². The number of likely N-dealkylation sites (tertiary alicyclic amines) is 1. The molecule has 2 aromatic heterocycles. The maximum atomic E-state index is 12.3. The number of carbonyl (C=O) groups excluding carboxylic acids is 1. The van der Waals surface area contributed by atoms with E-state index in [0.29, 0.717) is 28.9 Å². The predicted molar refractivity (Wildman–Crippen MR) is 157 cm³/mol. The molecule has 5 rings (SSSR count). The minimum Gasteiger partial charge on any atom is -0.497 e. The Balaban J connectivity index is 1.45. The number of ether oxygens (including phenoxy) is 2. The molecule has 2 aromatic carbocycles. The summed E-state index contributed by atoms with van der Waals surface area (Å²) in [5, 5.41) is 11.7. The summed E-state index contributed by atoms with van der Waals surface area (Å²) in [6.45, 7) is 7.61. The van der Waals surface area contributed by atoms with Gasteiger partial charge in [0.1, 0.15) is 11.5 Å². The smallest absolute Gasteiger partial charge is 0.247 e. The summed E-state index contributed by atoms with van der Waals surface area (Å²) in [5.41, 5.74) is 2.92. The number of nitrogens with zero attached hydrogens (tertiary/aromatic N) is 6. The first-order valence-electron chi connectivity index (χ1n) is 13.2. The average Bonchev–Trinajstić information content (AvgIpc) is 3.66. The lowest BCUT2D eigenvalue weighted by atomic mass is 10.2. The fraction of sp³-hybridized carbons (Fsp3) is 0.310. The number of benzene rings is 2. The number of anilines is 4. The molecule has 1 saturated heterocycles. The van der Waals surface area contributed by atoms with Gasteiger partial charge in [-0.1, -0.05) is 6.58 Å². The highest BCUT2D eigenvalue weighted by Crippen LogP contribution is 2.38. The summed E-state index contributed by atoms with van der Waals surface area (Å²) < 4.78 is 12.9. The Bertz CT molecular complexity index is 1510. The Morgan fingerprint density at radius 3 is 2.70 bits per heavy atom. The van der Waals surface area contributed by atoms with Gasteiger partial charge >= 0.3 is 0 Å². The molecule has 2 N–H and O–H groups in total. The molecule has 0 spiro atoms. The number of amides is 1. The van der Waals surface area contributed by atoms with Crippen molar-refractivity contribution in [2.24, 2.45) is 0 Å². The van der Waals surface area contributed by atoms with Gasteiger partial charge in [0.2, 0.25) is 11.9 Å². The van der Waals surface area contributed by atoms with Gasteiger partial charge in [-0.2, -0.15) is 10.1 Å². The largest absolute Gasteiger partial charge is 0.497 e. The second-order valence-electron chi connectivity index (χ2n) is 9.58. The molecule has 11 heteroatoms. The second-order valence-corrected chi connectivity index (χ2v) is 9.58. The molecular formula is C29H34N8O3. The summed E-state index contributed by atoms with van der Waals surface area (Å²) in [6.07, 6.45) is 7.17. The Labute approximate surface area is 233 Å². The van der Waals surface area contributed by atoms with Crippen molar-refractivity contribution in [3.63, 3.8) is 0 Å². The molecule has 1 amide bonds. The van der Waals surface area contributed by atoms with Crippen LogP contribution in [0.1, 0.15) is 12.8 Å². The first-order chi connectivity index (χ1) is 19.5. The van der Waals surface area contributed by atoms with Gasteiger partial charge in [-0.05, 0) is 50.2 Å². The lowest BCUT2D eigenvalue weighted by Gasteiger charge is -2.26. The molecule has 40 heavy (non-hydrogen) atoms. The maximum Gasteiger partial charge on any atom is 0.247 e. The van der Waals surface area contributed by atoms with Crippen molar-refractivity contribution in [1.29, 1.82) is 0 Å². The zero-order valence-electron chi connectivity index (χ0n) is 23.1. The van der Waals surface area contributed by atoms with Crippen molar-refractivity contribution in [3.05, 3.63) is 61.4 Å². The number of methoxy groups -OCH3 is 2. The predicted octanol–water partition coefficient (Wildman–Crippen LogP) is 4.23. The molecule has 0 unspecified atom stereocenters. The first kappa shape index (κ1) is 26.9. The van der Waals surface area contributed by atoms with Gasteiger partial charge in [-0.25, -0.2) is 9.67 Å². The van der Waals surface area contributed by atoms with Crippen LogP contribution in [0.3, 0.4) is 0 Å². The van der Waals surface area contributed by atoms with Crippen molar-refractivity contribution >= 4 is 39.8 Å². The third-order valence-electron chi connectivity index (χ3n) is 7.01. The van der Waals surface area contributed by atoms with Crippen molar-refractivity contribution in [1.82, 2.24) is 24.6 Å². The van der Waals surface area contributed by atoms with Crippen LogP contribution in [0.15, 0.2) is 61.4 Å². The number of carbonyl (C=O) groups is 1. The van der Waals surface area contributed by atoms with Crippen molar-refractivity contribution in [2.75, 3.05) is 63.0 Å². The van der Waals surface area contributed by atoms with Crippen LogP contribution in [0.25, 0.3) is 16.7 Å². The molecule has 1 fully saturated rings. The topological polar surface area (TPSA) is 110 Å². The Morgan fingerprint density at radius 1 is 1.12 bits per heavy atom. The van der Waals surface area contributed by atoms with E-state index in [0.717, 1.165) is 48.5 Å². The van der Waals surface area contributed by atoms with E-state index in [-0.39, 0.29) is 5.91 Å². The fourth-order valence-electron chi connectivity index (χ4n) is 4.81. The third-order valence-corrected chi connectivity index (χ3v) is 7.01. The monoisotopic (exact) mass is 542 g/mol. The highest BCUT2D eigenvalue weighted by Gasteiger charge is 2.18. The molecule has 1 aliphatic heterocycles. The van der Waals surface area contributed by atoms with E-state index in [1.165, 1.54) is 18.9 Å². The van der Waals surface area contributed by atoms with Gasteiger partial charge < -0.3 is 29.9 Å². The summed E-state index contributed by atoms with van der Waals surface area (Å²) in [5.74, 6) is 1.94. The molecule has 1 aliphatic rings. The number of hydrogen-bond acceptors (Lipinski definition) is 9. The lowest BCUT2D eigenvalue weighted by molar-refractivity contribution is -0.111. The SMILES string of the molecule is C=CC(=O)Nc1cc(Nc2nccc(-n3ncc4ccc(OC)cc43)n2)c(OC)cc1N(C)CCN1CCCC1. The first-order valence-corrected chi connectivity index (χ1v) is 13.2. The van der Waals surface area contributed by atoms with Crippen LogP contribution in [0.5, 0.6) is 11.5 Å². The molecular weight excluding hydrogens is 508 g/mol. The molecule has 11 nitrogen and oxygen atoms in total. The van der Waals surface area contributed by atoms with E-state index in [1.54, 1.807) is 37.4 Å². The molecule has 0 bridgehead atoms. The van der Waals surface area contributed by atoms with Gasteiger partial charge in [-0.3, -0.25) is 4.79 Å². The highest BCUT2D eigenvalue weighted by atomic mass is 16.5. The van der Waals surface area contributed by atoms with Crippen LogP contribution in [0.4, 0.5) is 23.0 Å². The Hall–Kier alpha value is -4.64.